The van der Waals surface area contributed by atoms with E-state index in [0.717, 1.165) is 21.8 Å². The topological polar surface area (TPSA) is 46.6 Å². The Morgan fingerprint density at radius 3 is 2.41 bits per heavy atom. The fourth-order valence-corrected chi connectivity index (χ4v) is 4.84. The quantitative estimate of drug-likeness (QED) is 0.360. The van der Waals surface area contributed by atoms with Gasteiger partial charge in [0.05, 0.1) is 12.7 Å². The van der Waals surface area contributed by atoms with Crippen LogP contribution >= 0.6 is 11.3 Å². The van der Waals surface area contributed by atoms with Gasteiger partial charge in [0.1, 0.15) is 5.75 Å². The third kappa shape index (κ3) is 5.00. The number of piperidine rings is 1. The summed E-state index contributed by atoms with van der Waals surface area (Å²) in [6.45, 7) is 3.22. The van der Waals surface area contributed by atoms with Crippen LogP contribution in [0.5, 0.6) is 5.75 Å². The lowest BCUT2D eigenvalue weighted by Gasteiger charge is -2.32. The summed E-state index contributed by atoms with van der Waals surface area (Å²) in [7, 11) is 1.61. The Kier molecular flexibility index (Phi) is 6.86. The first-order chi connectivity index (χ1) is 15.5. The molecule has 0 saturated carbocycles. The molecule has 1 amide bonds. The molecule has 1 aliphatic rings. The van der Waals surface area contributed by atoms with Gasteiger partial charge in [-0.15, -0.1) is 11.3 Å². The van der Waals surface area contributed by atoms with E-state index >= 15 is 0 Å². The van der Waals surface area contributed by atoms with E-state index in [1.165, 1.54) is 0 Å². The molecule has 1 saturated heterocycles. The number of benzene rings is 2. The average Bonchev–Trinajstić information content (AvgIpc) is 3.36. The van der Waals surface area contributed by atoms with Crippen LogP contribution in [0.3, 0.4) is 0 Å². The molecule has 0 N–H and O–H groups in total. The minimum absolute atomic E-state index is 0.0318. The standard InChI is InChI=1S/C27H27NO3S/c1-19-5-3-6-20(17-19)18-24(25-7-4-16-32-25)27(30)28-14-12-22(13-15-28)26(29)21-8-10-23(31-2)11-9-21/h3-11,16-18,22H,12-15H2,1-2H3. The van der Waals surface area contributed by atoms with Crippen LogP contribution in [0.25, 0.3) is 11.6 Å². The maximum absolute atomic E-state index is 13.5. The SMILES string of the molecule is COc1ccc(C(=O)C2CCN(C(=O)C(=Cc3cccc(C)c3)c3cccs3)CC2)cc1. The number of ether oxygens (including phenoxy) is 1. The Hall–Kier alpha value is -3.18. The second kappa shape index (κ2) is 9.96. The smallest absolute Gasteiger partial charge is 0.255 e. The minimum atomic E-state index is -0.0571. The highest BCUT2D eigenvalue weighted by atomic mass is 32.1. The molecular formula is C27H27NO3S. The predicted molar refractivity (Wildman–Crippen MR) is 130 cm³/mol. The number of hydrogen-bond acceptors (Lipinski definition) is 4. The van der Waals surface area contributed by atoms with Crippen molar-refractivity contribution >= 4 is 34.7 Å². The van der Waals surface area contributed by atoms with Gasteiger partial charge in [0.15, 0.2) is 5.78 Å². The van der Waals surface area contributed by atoms with Crippen molar-refractivity contribution in [3.05, 3.63) is 87.6 Å². The highest BCUT2D eigenvalue weighted by Gasteiger charge is 2.29. The maximum Gasteiger partial charge on any atom is 0.255 e. The summed E-state index contributed by atoms with van der Waals surface area (Å²) >= 11 is 1.57. The third-order valence-electron chi connectivity index (χ3n) is 5.90. The molecule has 0 bridgehead atoms. The van der Waals surface area contributed by atoms with Crippen LogP contribution in [0.4, 0.5) is 0 Å². The molecule has 164 valence electrons. The first-order valence-corrected chi connectivity index (χ1v) is 11.7. The number of thiophene rings is 1. The third-order valence-corrected chi connectivity index (χ3v) is 6.80. The van der Waals surface area contributed by atoms with Gasteiger partial charge in [-0.3, -0.25) is 9.59 Å². The van der Waals surface area contributed by atoms with E-state index in [2.05, 4.69) is 19.1 Å². The van der Waals surface area contributed by atoms with Gasteiger partial charge in [0, 0.05) is 29.4 Å². The Labute approximate surface area is 193 Å². The van der Waals surface area contributed by atoms with Crippen LogP contribution in [-0.2, 0) is 4.79 Å². The van der Waals surface area contributed by atoms with Gasteiger partial charge in [-0.25, -0.2) is 0 Å². The lowest BCUT2D eigenvalue weighted by Crippen LogP contribution is -2.40. The fraction of sp³-hybridized carbons (Fsp3) is 0.259. The second-order valence-corrected chi connectivity index (χ2v) is 9.06. The zero-order chi connectivity index (χ0) is 22.5. The molecule has 0 radical (unpaired) electrons. The number of likely N-dealkylation sites (tertiary alicyclic amines) is 1. The molecule has 4 rings (SSSR count). The minimum Gasteiger partial charge on any atom is -0.497 e. The normalized spacial score (nSPS) is 14.9. The number of hydrogen-bond donors (Lipinski definition) is 0. The molecule has 1 fully saturated rings. The number of carbonyl (C=O) groups excluding carboxylic acids is 2. The Balaban J connectivity index is 1.47. The largest absolute Gasteiger partial charge is 0.497 e. The monoisotopic (exact) mass is 445 g/mol. The second-order valence-electron chi connectivity index (χ2n) is 8.11. The average molecular weight is 446 g/mol. The van der Waals surface area contributed by atoms with E-state index in [0.29, 0.717) is 37.1 Å². The van der Waals surface area contributed by atoms with Crippen molar-refractivity contribution in [3.8, 4) is 5.75 Å². The van der Waals surface area contributed by atoms with Gasteiger partial charge in [-0.2, -0.15) is 0 Å². The number of methoxy groups -OCH3 is 1. The lowest BCUT2D eigenvalue weighted by molar-refractivity contribution is -0.126. The molecule has 5 heteroatoms. The first kappa shape index (κ1) is 22.0. The Morgan fingerprint density at radius 2 is 1.78 bits per heavy atom. The van der Waals surface area contributed by atoms with Gasteiger partial charge in [0.25, 0.3) is 5.91 Å². The van der Waals surface area contributed by atoms with Crippen molar-refractivity contribution in [1.29, 1.82) is 0 Å². The molecule has 32 heavy (non-hydrogen) atoms. The van der Waals surface area contributed by atoms with Gasteiger partial charge >= 0.3 is 0 Å². The van der Waals surface area contributed by atoms with Gasteiger partial charge in [0.2, 0.25) is 0 Å². The summed E-state index contributed by atoms with van der Waals surface area (Å²) in [6, 6.07) is 19.4. The van der Waals surface area contributed by atoms with Crippen molar-refractivity contribution in [2.75, 3.05) is 20.2 Å². The first-order valence-electron chi connectivity index (χ1n) is 10.8. The van der Waals surface area contributed by atoms with E-state index < -0.39 is 0 Å². The zero-order valence-electron chi connectivity index (χ0n) is 18.4. The molecule has 0 atom stereocenters. The Bertz CT molecular complexity index is 1110. The summed E-state index contributed by atoms with van der Waals surface area (Å²) in [5.74, 6) is 0.861. The maximum atomic E-state index is 13.5. The molecule has 1 aliphatic heterocycles. The number of rotatable bonds is 6. The van der Waals surface area contributed by atoms with E-state index in [9.17, 15) is 9.59 Å². The molecule has 1 aromatic heterocycles. The Morgan fingerprint density at radius 1 is 1.03 bits per heavy atom. The van der Waals surface area contributed by atoms with Crippen LogP contribution < -0.4 is 4.74 Å². The molecule has 0 aliphatic carbocycles. The number of ketones is 1. The molecule has 0 unspecified atom stereocenters. The molecule has 2 aromatic carbocycles. The number of aryl methyl sites for hydroxylation is 1. The summed E-state index contributed by atoms with van der Waals surface area (Å²) in [5, 5.41) is 1.99. The number of Topliss-reactive ketones (excluding diaryl/α,β-unsaturated/α-hetero) is 1. The summed E-state index contributed by atoms with van der Waals surface area (Å²) < 4.78 is 5.18. The van der Waals surface area contributed by atoms with Gasteiger partial charge < -0.3 is 9.64 Å². The summed E-state index contributed by atoms with van der Waals surface area (Å²) in [4.78, 5) is 29.2. The number of carbonyl (C=O) groups is 2. The summed E-state index contributed by atoms with van der Waals surface area (Å²) in [5.41, 5.74) is 3.60. The molecule has 0 spiro atoms. The van der Waals surface area contributed by atoms with Crippen molar-refractivity contribution in [2.24, 2.45) is 5.92 Å². The fourth-order valence-electron chi connectivity index (χ4n) is 4.10. The van der Waals surface area contributed by atoms with Crippen LogP contribution in [0.2, 0.25) is 0 Å². The van der Waals surface area contributed by atoms with E-state index in [1.54, 1.807) is 18.4 Å². The number of nitrogens with zero attached hydrogens (tertiary/aromatic N) is 1. The molecular weight excluding hydrogens is 418 g/mol. The molecule has 4 nitrogen and oxygen atoms in total. The highest BCUT2D eigenvalue weighted by Crippen LogP contribution is 2.29. The zero-order valence-corrected chi connectivity index (χ0v) is 19.2. The van der Waals surface area contributed by atoms with E-state index in [-0.39, 0.29) is 17.6 Å². The van der Waals surface area contributed by atoms with Crippen LogP contribution in [-0.4, -0.2) is 36.8 Å². The van der Waals surface area contributed by atoms with Crippen molar-refractivity contribution < 1.29 is 14.3 Å². The molecule has 2 heterocycles. The van der Waals surface area contributed by atoms with Gasteiger partial charge in [-0.05, 0) is 67.1 Å². The van der Waals surface area contributed by atoms with Crippen LogP contribution in [0.1, 0.15) is 39.2 Å². The molecule has 3 aromatic rings. The van der Waals surface area contributed by atoms with Crippen LogP contribution in [0.15, 0.2) is 66.0 Å². The predicted octanol–water partition coefficient (Wildman–Crippen LogP) is 5.73. The van der Waals surface area contributed by atoms with Crippen molar-refractivity contribution in [1.82, 2.24) is 4.90 Å². The van der Waals surface area contributed by atoms with Crippen molar-refractivity contribution in [2.45, 2.75) is 19.8 Å². The van der Waals surface area contributed by atoms with Gasteiger partial charge in [-0.1, -0.05) is 35.9 Å². The van der Waals surface area contributed by atoms with Crippen LogP contribution in [0, 0.1) is 12.8 Å². The summed E-state index contributed by atoms with van der Waals surface area (Å²) in [6.07, 6.45) is 3.34. The number of amides is 1. The van der Waals surface area contributed by atoms with E-state index in [1.807, 2.05) is 64.9 Å². The lowest BCUT2D eigenvalue weighted by atomic mass is 9.88. The van der Waals surface area contributed by atoms with E-state index in [4.69, 9.17) is 4.74 Å². The highest BCUT2D eigenvalue weighted by molar-refractivity contribution is 7.11. The van der Waals surface area contributed by atoms with Crippen molar-refractivity contribution in [3.63, 3.8) is 0 Å².